The second kappa shape index (κ2) is 4.75. The standard InChI is InChI=1S/C14H13ClO2S/c1-10-7-8-12(9-13(10)15)18(16,17)14-6-4-3-5-11(14)2/h3-9H,1-2H3. The lowest BCUT2D eigenvalue weighted by Gasteiger charge is -2.08. The first kappa shape index (κ1) is 13.1. The molecular weight excluding hydrogens is 268 g/mol. The van der Waals surface area contributed by atoms with Crippen LogP contribution < -0.4 is 0 Å². The van der Waals surface area contributed by atoms with Crippen molar-refractivity contribution in [1.29, 1.82) is 0 Å². The van der Waals surface area contributed by atoms with Crippen LogP contribution in [0.4, 0.5) is 0 Å². The summed E-state index contributed by atoms with van der Waals surface area (Å²) in [6, 6.07) is 11.7. The molecule has 94 valence electrons. The van der Waals surface area contributed by atoms with Gasteiger partial charge in [-0.1, -0.05) is 35.9 Å². The molecule has 0 radical (unpaired) electrons. The zero-order valence-corrected chi connectivity index (χ0v) is 11.7. The fourth-order valence-electron chi connectivity index (χ4n) is 1.73. The number of aryl methyl sites for hydroxylation is 2. The Balaban J connectivity index is 2.62. The second-order valence-corrected chi connectivity index (χ2v) is 6.51. The van der Waals surface area contributed by atoms with E-state index >= 15 is 0 Å². The monoisotopic (exact) mass is 280 g/mol. The molecule has 0 amide bonds. The summed E-state index contributed by atoms with van der Waals surface area (Å²) in [5.41, 5.74) is 1.59. The Morgan fingerprint density at radius 2 is 1.61 bits per heavy atom. The van der Waals surface area contributed by atoms with E-state index in [9.17, 15) is 8.42 Å². The van der Waals surface area contributed by atoms with Gasteiger partial charge in [-0.05, 0) is 43.2 Å². The maximum atomic E-state index is 12.5. The maximum absolute atomic E-state index is 12.5. The van der Waals surface area contributed by atoms with Crippen molar-refractivity contribution in [2.45, 2.75) is 23.6 Å². The summed E-state index contributed by atoms with van der Waals surface area (Å²) < 4.78 is 24.9. The van der Waals surface area contributed by atoms with Crippen molar-refractivity contribution in [3.8, 4) is 0 Å². The fraction of sp³-hybridized carbons (Fsp3) is 0.143. The summed E-state index contributed by atoms with van der Waals surface area (Å²) in [6.07, 6.45) is 0. The van der Waals surface area contributed by atoms with E-state index in [4.69, 9.17) is 11.6 Å². The summed E-state index contributed by atoms with van der Waals surface area (Å²) in [5.74, 6) is 0. The number of benzene rings is 2. The molecule has 0 atom stereocenters. The van der Waals surface area contributed by atoms with Crippen molar-refractivity contribution >= 4 is 21.4 Å². The minimum absolute atomic E-state index is 0.229. The highest BCUT2D eigenvalue weighted by Gasteiger charge is 2.19. The van der Waals surface area contributed by atoms with Crippen LogP contribution >= 0.6 is 11.6 Å². The summed E-state index contributed by atoms with van der Waals surface area (Å²) in [6.45, 7) is 3.62. The van der Waals surface area contributed by atoms with Gasteiger partial charge in [0.25, 0.3) is 0 Å². The van der Waals surface area contributed by atoms with Crippen LogP contribution in [0, 0.1) is 13.8 Å². The molecule has 0 fully saturated rings. The van der Waals surface area contributed by atoms with Gasteiger partial charge in [0, 0.05) is 5.02 Å². The van der Waals surface area contributed by atoms with Crippen LogP contribution in [0.15, 0.2) is 52.3 Å². The van der Waals surface area contributed by atoms with Crippen molar-refractivity contribution in [2.75, 3.05) is 0 Å². The molecule has 2 aromatic carbocycles. The van der Waals surface area contributed by atoms with E-state index in [-0.39, 0.29) is 4.90 Å². The topological polar surface area (TPSA) is 34.1 Å². The Morgan fingerprint density at radius 3 is 2.22 bits per heavy atom. The van der Waals surface area contributed by atoms with Gasteiger partial charge < -0.3 is 0 Å². The Labute approximate surface area is 112 Å². The average Bonchev–Trinajstić information content (AvgIpc) is 2.33. The molecular formula is C14H13ClO2S. The summed E-state index contributed by atoms with van der Waals surface area (Å²) >= 11 is 5.98. The van der Waals surface area contributed by atoms with Gasteiger partial charge in [0.15, 0.2) is 0 Å². The number of hydrogen-bond donors (Lipinski definition) is 0. The third-order valence-corrected chi connectivity index (χ3v) is 5.16. The van der Waals surface area contributed by atoms with Gasteiger partial charge in [0.2, 0.25) is 9.84 Å². The lowest BCUT2D eigenvalue weighted by atomic mass is 10.2. The van der Waals surface area contributed by atoms with Crippen molar-refractivity contribution in [1.82, 2.24) is 0 Å². The van der Waals surface area contributed by atoms with Gasteiger partial charge in [-0.15, -0.1) is 0 Å². The van der Waals surface area contributed by atoms with Crippen molar-refractivity contribution in [3.63, 3.8) is 0 Å². The molecule has 2 aromatic rings. The third-order valence-electron chi connectivity index (χ3n) is 2.84. The van der Waals surface area contributed by atoms with Crippen LogP contribution in [0.5, 0.6) is 0 Å². The Kier molecular flexibility index (Phi) is 3.46. The second-order valence-electron chi connectivity index (χ2n) is 4.18. The van der Waals surface area contributed by atoms with E-state index in [1.165, 1.54) is 6.07 Å². The van der Waals surface area contributed by atoms with Gasteiger partial charge in [0.1, 0.15) is 0 Å². The molecule has 0 N–H and O–H groups in total. The van der Waals surface area contributed by atoms with E-state index in [0.717, 1.165) is 11.1 Å². The molecule has 0 aromatic heterocycles. The predicted octanol–water partition coefficient (Wildman–Crippen LogP) is 3.79. The van der Waals surface area contributed by atoms with Crippen LogP contribution in [0.2, 0.25) is 5.02 Å². The Hall–Kier alpha value is -1.32. The quantitative estimate of drug-likeness (QED) is 0.839. The maximum Gasteiger partial charge on any atom is 0.206 e. The first-order valence-electron chi connectivity index (χ1n) is 5.50. The largest absolute Gasteiger partial charge is 0.219 e. The lowest BCUT2D eigenvalue weighted by molar-refractivity contribution is 0.595. The molecule has 18 heavy (non-hydrogen) atoms. The van der Waals surface area contributed by atoms with Crippen LogP contribution in [0.3, 0.4) is 0 Å². The number of hydrogen-bond acceptors (Lipinski definition) is 2. The third kappa shape index (κ3) is 2.28. The van der Waals surface area contributed by atoms with Crippen LogP contribution in [-0.4, -0.2) is 8.42 Å². The average molecular weight is 281 g/mol. The van der Waals surface area contributed by atoms with Gasteiger partial charge >= 0.3 is 0 Å². The molecule has 0 spiro atoms. The smallest absolute Gasteiger partial charge is 0.206 e. The van der Waals surface area contributed by atoms with E-state index < -0.39 is 9.84 Å². The van der Waals surface area contributed by atoms with Crippen LogP contribution in [-0.2, 0) is 9.84 Å². The predicted molar refractivity (Wildman–Crippen MR) is 72.8 cm³/mol. The van der Waals surface area contributed by atoms with Crippen molar-refractivity contribution in [2.24, 2.45) is 0 Å². The van der Waals surface area contributed by atoms with E-state index in [1.54, 1.807) is 37.3 Å². The van der Waals surface area contributed by atoms with Gasteiger partial charge in [-0.3, -0.25) is 0 Å². The molecule has 0 saturated carbocycles. The lowest BCUT2D eigenvalue weighted by Crippen LogP contribution is -2.04. The zero-order valence-electron chi connectivity index (χ0n) is 10.1. The summed E-state index contributed by atoms with van der Waals surface area (Å²) in [5, 5.41) is 0.463. The van der Waals surface area contributed by atoms with Crippen LogP contribution in [0.1, 0.15) is 11.1 Å². The SMILES string of the molecule is Cc1ccc(S(=O)(=O)c2ccccc2C)cc1Cl. The minimum atomic E-state index is -3.49. The number of halogens is 1. The van der Waals surface area contributed by atoms with Crippen molar-refractivity contribution < 1.29 is 8.42 Å². The zero-order chi connectivity index (χ0) is 13.3. The molecule has 0 bridgehead atoms. The minimum Gasteiger partial charge on any atom is -0.219 e. The van der Waals surface area contributed by atoms with Gasteiger partial charge in [-0.2, -0.15) is 0 Å². The molecule has 0 saturated heterocycles. The molecule has 2 rings (SSSR count). The molecule has 0 heterocycles. The molecule has 2 nitrogen and oxygen atoms in total. The van der Waals surface area contributed by atoms with Gasteiger partial charge in [-0.25, -0.2) is 8.42 Å². The summed E-state index contributed by atoms with van der Waals surface area (Å²) in [4.78, 5) is 0.553. The normalized spacial score (nSPS) is 11.5. The van der Waals surface area contributed by atoms with Crippen molar-refractivity contribution in [3.05, 3.63) is 58.6 Å². The Bertz CT molecular complexity index is 691. The first-order chi connectivity index (χ1) is 8.43. The van der Waals surface area contributed by atoms with E-state index in [1.807, 2.05) is 13.0 Å². The van der Waals surface area contributed by atoms with Crippen LogP contribution in [0.25, 0.3) is 0 Å². The van der Waals surface area contributed by atoms with E-state index in [2.05, 4.69) is 0 Å². The molecule has 0 aliphatic rings. The highest BCUT2D eigenvalue weighted by atomic mass is 35.5. The fourth-order valence-corrected chi connectivity index (χ4v) is 3.49. The van der Waals surface area contributed by atoms with E-state index in [0.29, 0.717) is 9.92 Å². The molecule has 0 unspecified atom stereocenters. The molecule has 0 aliphatic heterocycles. The molecule has 4 heteroatoms. The summed E-state index contributed by atoms with van der Waals surface area (Å²) in [7, 11) is -3.49. The Morgan fingerprint density at radius 1 is 0.944 bits per heavy atom. The van der Waals surface area contributed by atoms with Gasteiger partial charge in [0.05, 0.1) is 9.79 Å². The highest BCUT2D eigenvalue weighted by Crippen LogP contribution is 2.27. The number of rotatable bonds is 2. The molecule has 0 aliphatic carbocycles. The first-order valence-corrected chi connectivity index (χ1v) is 7.36. The highest BCUT2D eigenvalue weighted by molar-refractivity contribution is 7.91. The number of sulfone groups is 1.